The Morgan fingerprint density at radius 3 is 2.32 bits per heavy atom. The third kappa shape index (κ3) is 9.02. The first-order valence-corrected chi connectivity index (χ1v) is 11.9. The average molecular weight is 562 g/mol. The zero-order chi connectivity index (χ0) is 22.3. The summed E-state index contributed by atoms with van der Waals surface area (Å²) in [6, 6.07) is 10.4. The number of benzene rings is 2. The zero-order valence-corrected chi connectivity index (χ0v) is 21.8. The molecular weight excluding hydrogens is 530 g/mol. The van der Waals surface area contributed by atoms with Crippen LogP contribution >= 0.6 is 24.0 Å². The van der Waals surface area contributed by atoms with E-state index in [4.69, 9.17) is 0 Å². The largest absolute Gasteiger partial charge is 0.378 e. The molecule has 6 nitrogen and oxygen atoms in total. The molecule has 0 atom stereocenters. The molecule has 0 amide bonds. The van der Waals surface area contributed by atoms with Crippen molar-refractivity contribution in [3.05, 3.63) is 64.5 Å². The summed E-state index contributed by atoms with van der Waals surface area (Å²) in [5, 5.41) is 6.47. The third-order valence-electron chi connectivity index (χ3n) is 4.63. The summed E-state index contributed by atoms with van der Waals surface area (Å²) in [5.41, 5.74) is 4.58. The van der Waals surface area contributed by atoms with E-state index >= 15 is 0 Å². The number of aryl methyl sites for hydroxylation is 1. The van der Waals surface area contributed by atoms with E-state index in [2.05, 4.69) is 45.6 Å². The first kappa shape index (κ1) is 27.2. The number of rotatable bonds is 8. The number of guanidine groups is 1. The highest BCUT2D eigenvalue weighted by Crippen LogP contribution is 2.18. The van der Waals surface area contributed by atoms with Crippen LogP contribution in [0, 0.1) is 12.7 Å². The predicted molar refractivity (Wildman–Crippen MR) is 138 cm³/mol. The summed E-state index contributed by atoms with van der Waals surface area (Å²) in [7, 11) is 0.786. The number of sulfone groups is 1. The molecule has 0 unspecified atom stereocenters. The Hall–Kier alpha value is -1.88. The minimum Gasteiger partial charge on any atom is -0.378 e. The molecule has 0 aliphatic rings. The van der Waals surface area contributed by atoms with Crippen LogP contribution in [-0.4, -0.2) is 41.3 Å². The van der Waals surface area contributed by atoms with Gasteiger partial charge in [0, 0.05) is 39.1 Å². The lowest BCUT2D eigenvalue weighted by atomic mass is 10.1. The van der Waals surface area contributed by atoms with Gasteiger partial charge in [0.1, 0.15) is 5.82 Å². The van der Waals surface area contributed by atoms with Crippen LogP contribution in [-0.2, 0) is 28.7 Å². The lowest BCUT2D eigenvalue weighted by Gasteiger charge is -2.17. The highest BCUT2D eigenvalue weighted by atomic mass is 127. The van der Waals surface area contributed by atoms with Crippen molar-refractivity contribution in [2.45, 2.75) is 32.7 Å². The summed E-state index contributed by atoms with van der Waals surface area (Å²) < 4.78 is 37.1. The maximum Gasteiger partial charge on any atom is 0.191 e. The number of halogens is 2. The van der Waals surface area contributed by atoms with E-state index in [0.29, 0.717) is 30.2 Å². The van der Waals surface area contributed by atoms with Gasteiger partial charge in [-0.05, 0) is 60.4 Å². The van der Waals surface area contributed by atoms with Gasteiger partial charge < -0.3 is 15.5 Å². The monoisotopic (exact) mass is 562 g/mol. The first-order chi connectivity index (χ1) is 14.1. The maximum atomic E-state index is 13.7. The topological polar surface area (TPSA) is 73.8 Å². The number of hydrogen-bond donors (Lipinski definition) is 2. The van der Waals surface area contributed by atoms with Crippen LogP contribution in [0.3, 0.4) is 0 Å². The highest BCUT2D eigenvalue weighted by Gasteiger charge is 2.11. The second-order valence-electron chi connectivity index (χ2n) is 7.54. The van der Waals surface area contributed by atoms with Crippen molar-refractivity contribution in [1.82, 2.24) is 10.6 Å². The number of hydrogen-bond acceptors (Lipinski definition) is 4. The highest BCUT2D eigenvalue weighted by molar-refractivity contribution is 14.0. The maximum absolute atomic E-state index is 13.7. The molecule has 0 radical (unpaired) electrons. The summed E-state index contributed by atoms with van der Waals surface area (Å²) >= 11 is 0. The SMILES string of the molecule is CCNC(=NCc1cc(F)ccc1CS(C)(=O)=O)NCc1ccc(N(C)C)cc1C.I. The molecule has 9 heteroatoms. The molecule has 2 aromatic carbocycles. The van der Waals surface area contributed by atoms with Gasteiger partial charge in [-0.25, -0.2) is 17.8 Å². The van der Waals surface area contributed by atoms with E-state index in [1.165, 1.54) is 30.0 Å². The summed E-state index contributed by atoms with van der Waals surface area (Å²) in [4.78, 5) is 6.59. The van der Waals surface area contributed by atoms with Gasteiger partial charge in [-0.3, -0.25) is 0 Å². The third-order valence-corrected chi connectivity index (χ3v) is 5.46. The van der Waals surface area contributed by atoms with Crippen molar-refractivity contribution in [2.75, 3.05) is 31.8 Å². The lowest BCUT2D eigenvalue weighted by molar-refractivity contribution is 0.600. The van der Waals surface area contributed by atoms with Gasteiger partial charge in [0.15, 0.2) is 15.8 Å². The predicted octanol–water partition coefficient (Wildman–Crippen LogP) is 3.62. The van der Waals surface area contributed by atoms with Crippen LogP contribution in [0.1, 0.15) is 29.2 Å². The van der Waals surface area contributed by atoms with Crippen molar-refractivity contribution in [3.63, 3.8) is 0 Å². The Balaban J connectivity index is 0.00000480. The van der Waals surface area contributed by atoms with Crippen molar-refractivity contribution < 1.29 is 12.8 Å². The summed E-state index contributed by atoms with van der Waals surface area (Å²) in [6.45, 7) is 5.47. The molecule has 172 valence electrons. The van der Waals surface area contributed by atoms with Crippen LogP contribution in [0.2, 0.25) is 0 Å². The van der Waals surface area contributed by atoms with Crippen molar-refractivity contribution in [2.24, 2.45) is 4.99 Å². The number of anilines is 1. The van der Waals surface area contributed by atoms with E-state index in [-0.39, 0.29) is 36.3 Å². The molecular formula is C22H32FIN4O2S. The quantitative estimate of drug-likeness (QED) is 0.292. The Morgan fingerprint density at radius 1 is 1.06 bits per heavy atom. The van der Waals surface area contributed by atoms with E-state index in [1.54, 1.807) is 0 Å². The molecule has 0 aliphatic heterocycles. The van der Waals surface area contributed by atoms with Crippen molar-refractivity contribution in [3.8, 4) is 0 Å². The first-order valence-electron chi connectivity index (χ1n) is 9.83. The van der Waals surface area contributed by atoms with Gasteiger partial charge in [0.25, 0.3) is 0 Å². The molecule has 0 heterocycles. The molecule has 0 aliphatic carbocycles. The van der Waals surface area contributed by atoms with Gasteiger partial charge in [-0.2, -0.15) is 0 Å². The van der Waals surface area contributed by atoms with E-state index in [1.807, 2.05) is 21.0 Å². The van der Waals surface area contributed by atoms with Gasteiger partial charge in [-0.15, -0.1) is 24.0 Å². The molecule has 0 saturated carbocycles. The van der Waals surface area contributed by atoms with E-state index < -0.39 is 15.7 Å². The normalized spacial score (nSPS) is 11.6. The molecule has 0 saturated heterocycles. The van der Waals surface area contributed by atoms with Crippen molar-refractivity contribution >= 4 is 45.5 Å². The van der Waals surface area contributed by atoms with Crippen LogP contribution < -0.4 is 15.5 Å². The van der Waals surface area contributed by atoms with E-state index in [9.17, 15) is 12.8 Å². The van der Waals surface area contributed by atoms with Crippen LogP contribution in [0.4, 0.5) is 10.1 Å². The van der Waals surface area contributed by atoms with Crippen LogP contribution in [0.5, 0.6) is 0 Å². The molecule has 0 spiro atoms. The fourth-order valence-corrected chi connectivity index (χ4v) is 3.85. The van der Waals surface area contributed by atoms with Crippen LogP contribution in [0.15, 0.2) is 41.4 Å². The zero-order valence-electron chi connectivity index (χ0n) is 18.7. The fourth-order valence-electron chi connectivity index (χ4n) is 3.01. The second-order valence-corrected chi connectivity index (χ2v) is 9.68. The molecule has 2 rings (SSSR count). The number of nitrogens with zero attached hydrogens (tertiary/aromatic N) is 2. The molecule has 0 fully saturated rings. The lowest BCUT2D eigenvalue weighted by Crippen LogP contribution is -2.37. The Morgan fingerprint density at radius 2 is 1.74 bits per heavy atom. The Bertz CT molecular complexity index is 1010. The minimum atomic E-state index is -3.23. The Kier molecular flexibility index (Phi) is 10.7. The smallest absolute Gasteiger partial charge is 0.191 e. The van der Waals surface area contributed by atoms with Crippen molar-refractivity contribution in [1.29, 1.82) is 0 Å². The van der Waals surface area contributed by atoms with Crippen LogP contribution in [0.25, 0.3) is 0 Å². The molecule has 2 aromatic rings. The fraction of sp³-hybridized carbons (Fsp3) is 0.409. The number of nitrogens with one attached hydrogen (secondary N) is 2. The van der Waals surface area contributed by atoms with Gasteiger partial charge in [-0.1, -0.05) is 12.1 Å². The molecule has 0 bridgehead atoms. The Labute approximate surface area is 202 Å². The second kappa shape index (κ2) is 12.2. The molecule has 2 N–H and O–H groups in total. The summed E-state index contributed by atoms with van der Waals surface area (Å²) in [5.74, 6) is 0.0367. The van der Waals surface area contributed by atoms with Gasteiger partial charge in [0.2, 0.25) is 0 Å². The van der Waals surface area contributed by atoms with E-state index in [0.717, 1.165) is 11.3 Å². The number of aliphatic imine (C=N–C) groups is 1. The van der Waals surface area contributed by atoms with Gasteiger partial charge in [0.05, 0.1) is 12.3 Å². The van der Waals surface area contributed by atoms with Gasteiger partial charge >= 0.3 is 0 Å². The molecule has 0 aromatic heterocycles. The summed E-state index contributed by atoms with van der Waals surface area (Å²) in [6.07, 6.45) is 1.17. The minimum absolute atomic E-state index is 0. The average Bonchev–Trinajstić information content (AvgIpc) is 2.65. The molecule has 31 heavy (non-hydrogen) atoms. The standard InChI is InChI=1S/C22H31FN4O2S.HI/c1-6-24-22(25-13-17-8-10-21(27(3)4)11-16(17)2)26-14-19-12-20(23)9-7-18(19)15-30(5,28)29;/h7-12H,6,13-15H2,1-5H3,(H2,24,25,26);1H.